The highest BCUT2D eigenvalue weighted by atomic mass is 16.3. The summed E-state index contributed by atoms with van der Waals surface area (Å²) in [5.41, 5.74) is 0. The largest absolute Gasteiger partial charge is 0.395 e. The maximum atomic E-state index is 12.1. The van der Waals surface area contributed by atoms with Gasteiger partial charge in [0.2, 0.25) is 5.91 Å². The van der Waals surface area contributed by atoms with E-state index in [1.165, 1.54) is 0 Å². The van der Waals surface area contributed by atoms with E-state index in [0.717, 1.165) is 19.4 Å². The van der Waals surface area contributed by atoms with Crippen LogP contribution in [0.5, 0.6) is 0 Å². The van der Waals surface area contributed by atoms with Gasteiger partial charge in [-0.15, -0.1) is 0 Å². The summed E-state index contributed by atoms with van der Waals surface area (Å²) < 4.78 is 0. The van der Waals surface area contributed by atoms with E-state index in [2.05, 4.69) is 6.07 Å². The van der Waals surface area contributed by atoms with Crippen LogP contribution >= 0.6 is 0 Å². The fraction of sp³-hybridized carbons (Fsp3) is 0.846. The van der Waals surface area contributed by atoms with Gasteiger partial charge in [-0.3, -0.25) is 9.69 Å². The Hall–Kier alpha value is -1.12. The summed E-state index contributed by atoms with van der Waals surface area (Å²) in [6.45, 7) is 6.22. The number of nitrogens with zero attached hydrogens (tertiary/aromatic N) is 3. The standard InChI is InChI=1S/C13H23N3O2/c1-3-15(8-11(2)7-14)13(18)9-16-6-4-5-12(16)10-17/h11-12,17H,3-6,8-10H2,1-2H3/t11?,12-/m1/s1. The minimum Gasteiger partial charge on any atom is -0.395 e. The zero-order valence-corrected chi connectivity index (χ0v) is 11.3. The molecule has 1 N–H and O–H groups in total. The van der Waals surface area contributed by atoms with Gasteiger partial charge >= 0.3 is 0 Å². The number of likely N-dealkylation sites (N-methyl/N-ethyl adjacent to an activating group) is 1. The summed E-state index contributed by atoms with van der Waals surface area (Å²) in [5.74, 6) is -0.0823. The molecule has 1 rings (SSSR count). The van der Waals surface area contributed by atoms with E-state index in [9.17, 15) is 9.90 Å². The number of hydrogen-bond donors (Lipinski definition) is 1. The first-order valence-corrected chi connectivity index (χ1v) is 6.64. The minimum absolute atomic E-state index is 0.0555. The van der Waals surface area contributed by atoms with Crippen LogP contribution in [-0.4, -0.2) is 59.6 Å². The van der Waals surface area contributed by atoms with Gasteiger partial charge in [-0.05, 0) is 33.2 Å². The van der Waals surface area contributed by atoms with Gasteiger partial charge in [0.05, 0.1) is 25.1 Å². The Kier molecular flexibility index (Phi) is 6.10. The first-order chi connectivity index (χ1) is 8.62. The number of amides is 1. The molecule has 1 aliphatic heterocycles. The highest BCUT2D eigenvalue weighted by Crippen LogP contribution is 2.16. The topological polar surface area (TPSA) is 67.6 Å². The summed E-state index contributed by atoms with van der Waals surface area (Å²) in [7, 11) is 0. The SMILES string of the molecule is CCN(CC(C)C#N)C(=O)CN1CCC[C@@H]1CO. The summed E-state index contributed by atoms with van der Waals surface area (Å²) in [4.78, 5) is 15.9. The molecule has 0 spiro atoms. The molecule has 1 aliphatic rings. The van der Waals surface area contributed by atoms with Gasteiger partial charge in [-0.25, -0.2) is 0 Å². The summed E-state index contributed by atoms with van der Waals surface area (Å²) in [5, 5.41) is 18.0. The zero-order valence-electron chi connectivity index (χ0n) is 11.3. The average molecular weight is 253 g/mol. The lowest BCUT2D eigenvalue weighted by molar-refractivity contribution is -0.133. The molecule has 18 heavy (non-hydrogen) atoms. The maximum Gasteiger partial charge on any atom is 0.236 e. The lowest BCUT2D eigenvalue weighted by Crippen LogP contribution is -2.44. The van der Waals surface area contributed by atoms with Crippen molar-refractivity contribution >= 4 is 5.91 Å². The fourth-order valence-electron chi connectivity index (χ4n) is 2.36. The number of likely N-dealkylation sites (tertiary alicyclic amines) is 1. The molecule has 0 aromatic carbocycles. The highest BCUT2D eigenvalue weighted by molar-refractivity contribution is 5.78. The molecular weight excluding hydrogens is 230 g/mol. The van der Waals surface area contributed by atoms with Crippen LogP contribution < -0.4 is 0 Å². The minimum atomic E-state index is -0.138. The quantitative estimate of drug-likeness (QED) is 0.746. The molecule has 0 radical (unpaired) electrons. The second-order valence-corrected chi connectivity index (χ2v) is 4.91. The number of carbonyl (C=O) groups is 1. The number of carbonyl (C=O) groups excluding carboxylic acids is 1. The molecule has 102 valence electrons. The third-order valence-corrected chi connectivity index (χ3v) is 3.50. The van der Waals surface area contributed by atoms with Crippen molar-refractivity contribution in [2.45, 2.75) is 32.7 Å². The molecule has 0 bridgehead atoms. The van der Waals surface area contributed by atoms with E-state index in [1.807, 2.05) is 18.7 Å². The van der Waals surface area contributed by atoms with E-state index >= 15 is 0 Å². The molecule has 1 fully saturated rings. The first kappa shape index (κ1) is 14.9. The normalized spacial score (nSPS) is 21.6. The third kappa shape index (κ3) is 3.97. The molecule has 2 atom stereocenters. The molecule has 1 saturated heterocycles. The Labute approximate surface area is 109 Å². The van der Waals surface area contributed by atoms with Crippen LogP contribution in [0.3, 0.4) is 0 Å². The van der Waals surface area contributed by atoms with Crippen molar-refractivity contribution in [3.8, 4) is 6.07 Å². The Morgan fingerprint density at radius 2 is 2.39 bits per heavy atom. The van der Waals surface area contributed by atoms with Gasteiger partial charge in [-0.1, -0.05) is 0 Å². The molecule has 0 aromatic rings. The van der Waals surface area contributed by atoms with Crippen LogP contribution in [0, 0.1) is 17.2 Å². The van der Waals surface area contributed by atoms with Crippen LogP contribution in [0.25, 0.3) is 0 Å². The first-order valence-electron chi connectivity index (χ1n) is 6.64. The van der Waals surface area contributed by atoms with E-state index in [1.54, 1.807) is 4.90 Å². The van der Waals surface area contributed by atoms with E-state index in [0.29, 0.717) is 19.6 Å². The van der Waals surface area contributed by atoms with Crippen molar-refractivity contribution in [2.75, 3.05) is 32.8 Å². The fourth-order valence-corrected chi connectivity index (χ4v) is 2.36. The molecule has 0 saturated carbocycles. The summed E-state index contributed by atoms with van der Waals surface area (Å²) in [6, 6.07) is 2.28. The monoisotopic (exact) mass is 253 g/mol. The Balaban J connectivity index is 2.49. The number of nitriles is 1. The smallest absolute Gasteiger partial charge is 0.236 e. The third-order valence-electron chi connectivity index (χ3n) is 3.50. The van der Waals surface area contributed by atoms with Gasteiger partial charge in [0.15, 0.2) is 0 Å². The van der Waals surface area contributed by atoms with Crippen LogP contribution in [0.1, 0.15) is 26.7 Å². The molecule has 0 aromatic heterocycles. The molecule has 1 amide bonds. The molecule has 1 unspecified atom stereocenters. The van der Waals surface area contributed by atoms with Crippen LogP contribution in [-0.2, 0) is 4.79 Å². The zero-order chi connectivity index (χ0) is 13.5. The Bertz CT molecular complexity index is 314. The highest BCUT2D eigenvalue weighted by Gasteiger charge is 2.27. The second-order valence-electron chi connectivity index (χ2n) is 4.91. The number of aliphatic hydroxyl groups is 1. The van der Waals surface area contributed by atoms with Crippen LogP contribution in [0.4, 0.5) is 0 Å². The predicted octanol–water partition coefficient (Wildman–Crippen LogP) is 0.451. The lowest BCUT2D eigenvalue weighted by Gasteiger charge is -2.27. The predicted molar refractivity (Wildman–Crippen MR) is 68.7 cm³/mol. The Morgan fingerprint density at radius 3 is 2.94 bits per heavy atom. The van der Waals surface area contributed by atoms with Gasteiger partial charge in [-0.2, -0.15) is 5.26 Å². The van der Waals surface area contributed by atoms with Gasteiger partial charge < -0.3 is 10.0 Å². The van der Waals surface area contributed by atoms with Crippen molar-refractivity contribution in [3.05, 3.63) is 0 Å². The lowest BCUT2D eigenvalue weighted by atomic mass is 10.2. The van der Waals surface area contributed by atoms with Crippen molar-refractivity contribution < 1.29 is 9.90 Å². The van der Waals surface area contributed by atoms with Gasteiger partial charge in [0.1, 0.15) is 0 Å². The number of rotatable bonds is 6. The van der Waals surface area contributed by atoms with Crippen molar-refractivity contribution in [2.24, 2.45) is 5.92 Å². The van der Waals surface area contributed by atoms with E-state index < -0.39 is 0 Å². The van der Waals surface area contributed by atoms with Crippen LogP contribution in [0.2, 0.25) is 0 Å². The Morgan fingerprint density at radius 1 is 1.67 bits per heavy atom. The molecule has 5 nitrogen and oxygen atoms in total. The molecule has 1 heterocycles. The van der Waals surface area contributed by atoms with Crippen molar-refractivity contribution in [1.29, 1.82) is 5.26 Å². The van der Waals surface area contributed by atoms with Crippen LogP contribution in [0.15, 0.2) is 0 Å². The average Bonchev–Trinajstić information content (AvgIpc) is 2.82. The summed E-state index contributed by atoms with van der Waals surface area (Å²) >= 11 is 0. The molecule has 0 aliphatic carbocycles. The van der Waals surface area contributed by atoms with Crippen molar-refractivity contribution in [1.82, 2.24) is 9.80 Å². The number of hydrogen-bond acceptors (Lipinski definition) is 4. The molecule has 5 heteroatoms. The van der Waals surface area contributed by atoms with E-state index in [4.69, 9.17) is 5.26 Å². The molecular formula is C13H23N3O2. The summed E-state index contributed by atoms with van der Waals surface area (Å²) in [6.07, 6.45) is 2.00. The van der Waals surface area contributed by atoms with E-state index in [-0.39, 0.29) is 24.5 Å². The number of aliphatic hydroxyl groups excluding tert-OH is 1. The second kappa shape index (κ2) is 7.34. The van der Waals surface area contributed by atoms with Gasteiger partial charge in [0, 0.05) is 19.1 Å². The van der Waals surface area contributed by atoms with Gasteiger partial charge in [0.25, 0.3) is 0 Å². The van der Waals surface area contributed by atoms with Crippen molar-refractivity contribution in [3.63, 3.8) is 0 Å². The maximum absolute atomic E-state index is 12.1.